The lowest BCUT2D eigenvalue weighted by Gasteiger charge is -2.19. The predicted octanol–water partition coefficient (Wildman–Crippen LogP) is 4.78. The average Bonchev–Trinajstić information content (AvgIpc) is 3.71. The first kappa shape index (κ1) is 37.8. The van der Waals surface area contributed by atoms with Crippen molar-refractivity contribution in [2.24, 2.45) is 4.99 Å². The number of alkyl halides is 3. The molecule has 55 heavy (non-hydrogen) atoms. The van der Waals surface area contributed by atoms with Crippen LogP contribution in [0.2, 0.25) is 5.02 Å². The van der Waals surface area contributed by atoms with Crippen molar-refractivity contribution < 1.29 is 46.6 Å². The van der Waals surface area contributed by atoms with E-state index in [4.69, 9.17) is 20.8 Å². The molecule has 1 fully saturated rings. The van der Waals surface area contributed by atoms with Gasteiger partial charge in [0, 0.05) is 27.5 Å². The zero-order valence-electron chi connectivity index (χ0n) is 27.9. The molecule has 3 amide bonds. The number of aromatic nitrogens is 5. The van der Waals surface area contributed by atoms with Gasteiger partial charge in [0.25, 0.3) is 5.91 Å². The van der Waals surface area contributed by atoms with E-state index < -0.39 is 60.3 Å². The van der Waals surface area contributed by atoms with Crippen LogP contribution in [0.4, 0.5) is 36.4 Å². The maximum atomic E-state index is 12.9. The summed E-state index contributed by atoms with van der Waals surface area (Å²) >= 11 is 6.01. The summed E-state index contributed by atoms with van der Waals surface area (Å²) in [4.78, 5) is 65.2. The van der Waals surface area contributed by atoms with Crippen LogP contribution in [0.25, 0.3) is 11.5 Å². The molecule has 17 nitrogen and oxygen atoms in total. The van der Waals surface area contributed by atoms with E-state index in [0.717, 1.165) is 12.0 Å². The van der Waals surface area contributed by atoms with Crippen molar-refractivity contribution in [3.63, 3.8) is 0 Å². The smallest absolute Gasteiger partial charge is 0.422 e. The minimum Gasteiger partial charge on any atom is -0.477 e. The lowest BCUT2D eigenvalue weighted by molar-refractivity contribution is -0.154. The summed E-state index contributed by atoms with van der Waals surface area (Å²) in [6, 6.07) is 17.8. The lowest BCUT2D eigenvalue weighted by atomic mass is 10.1. The number of hydrogen-bond donors (Lipinski definition) is 5. The number of carbonyl (C=O) groups excluding carboxylic acids is 3. The number of carbonyl (C=O) groups is 4. The third-order valence-electron chi connectivity index (χ3n) is 7.72. The number of aliphatic imine (C=N–C) groups is 1. The average molecular weight is 779 g/mol. The minimum absolute atomic E-state index is 0.0653. The molecule has 0 saturated heterocycles. The Morgan fingerprint density at radius 2 is 1.56 bits per heavy atom. The van der Waals surface area contributed by atoms with Crippen LogP contribution in [0, 0.1) is 0 Å². The van der Waals surface area contributed by atoms with Crippen molar-refractivity contribution in [2.75, 3.05) is 29.1 Å². The third kappa shape index (κ3) is 10.1. The second kappa shape index (κ2) is 16.0. The van der Waals surface area contributed by atoms with Gasteiger partial charge in [-0.1, -0.05) is 23.7 Å². The Labute approximate surface area is 312 Å². The van der Waals surface area contributed by atoms with E-state index in [1.54, 1.807) is 24.3 Å². The molecular formula is C34H26ClF3N10O7. The number of nitrogens with zero attached hydrogens (tertiary/aromatic N) is 6. The molecule has 0 unspecified atom stereocenters. The van der Waals surface area contributed by atoms with Crippen LogP contribution in [0.1, 0.15) is 28.8 Å². The van der Waals surface area contributed by atoms with Crippen LogP contribution >= 0.6 is 11.6 Å². The van der Waals surface area contributed by atoms with Crippen molar-refractivity contribution in [1.82, 2.24) is 30.5 Å². The maximum Gasteiger partial charge on any atom is 0.422 e. The number of hydrogen-bond acceptors (Lipinski definition) is 13. The highest BCUT2D eigenvalue weighted by molar-refractivity contribution is 6.42. The van der Waals surface area contributed by atoms with Gasteiger partial charge in [-0.3, -0.25) is 14.4 Å². The Kier molecular flexibility index (Phi) is 11.0. The summed E-state index contributed by atoms with van der Waals surface area (Å²) in [5.41, 5.74) is 0.539. The quantitative estimate of drug-likeness (QED) is 0.0799. The molecule has 0 bridgehead atoms. The monoisotopic (exact) mass is 778 g/mol. The number of carboxylic acid groups (broad SMARTS) is 1. The van der Waals surface area contributed by atoms with Gasteiger partial charge < -0.3 is 35.5 Å². The molecule has 0 atom stereocenters. The second-order valence-electron chi connectivity index (χ2n) is 11.7. The van der Waals surface area contributed by atoms with Crippen molar-refractivity contribution in [3.05, 3.63) is 95.3 Å². The van der Waals surface area contributed by atoms with E-state index in [2.05, 4.69) is 51.4 Å². The molecular weight excluding hydrogens is 753 g/mol. The van der Waals surface area contributed by atoms with Crippen LogP contribution in [0.15, 0.2) is 88.6 Å². The fourth-order valence-corrected chi connectivity index (χ4v) is 5.00. The molecule has 1 aliphatic rings. The summed E-state index contributed by atoms with van der Waals surface area (Å²) in [5, 5.41) is 27.9. The van der Waals surface area contributed by atoms with Crippen molar-refractivity contribution in [2.45, 2.75) is 24.6 Å². The second-order valence-corrected chi connectivity index (χ2v) is 12.1. The van der Waals surface area contributed by atoms with Gasteiger partial charge in [-0.05, 0) is 79.1 Å². The zero-order chi connectivity index (χ0) is 39.2. The van der Waals surface area contributed by atoms with E-state index in [1.807, 2.05) is 12.1 Å². The Hall–Kier alpha value is -6.96. The highest BCUT2D eigenvalue weighted by atomic mass is 35.5. The molecule has 1 saturated carbocycles. The topological polar surface area (TPSA) is 236 Å². The Balaban J connectivity index is 1.09. The molecule has 0 radical (unpaired) electrons. The molecule has 1 aliphatic carbocycles. The molecule has 2 aromatic heterocycles. The Bertz CT molecular complexity index is 2230. The van der Waals surface area contributed by atoms with Crippen molar-refractivity contribution in [1.29, 1.82) is 0 Å². The number of ether oxygens (including phenoxy) is 1. The van der Waals surface area contributed by atoms with Gasteiger partial charge in [0.2, 0.25) is 24.2 Å². The molecule has 6 rings (SSSR count). The molecule has 0 spiro atoms. The molecule has 3 aromatic carbocycles. The number of rotatable bonds is 13. The first-order valence-electron chi connectivity index (χ1n) is 15.9. The minimum atomic E-state index is -4.66. The molecule has 5 aromatic rings. The normalized spacial score (nSPS) is 13.3. The highest BCUT2D eigenvalue weighted by Gasteiger charge is 2.45. The highest BCUT2D eigenvalue weighted by Crippen LogP contribution is 2.48. The maximum absolute atomic E-state index is 12.9. The van der Waals surface area contributed by atoms with Crippen LogP contribution in [0.5, 0.6) is 6.01 Å². The summed E-state index contributed by atoms with van der Waals surface area (Å²) in [7, 11) is 0. The number of amides is 3. The molecule has 0 aliphatic heterocycles. The zero-order valence-corrected chi connectivity index (χ0v) is 28.7. The van der Waals surface area contributed by atoms with Gasteiger partial charge >= 0.3 is 30.0 Å². The summed E-state index contributed by atoms with van der Waals surface area (Å²) in [5.74, 6) is -4.94. The number of aliphatic carboxylic acids is 1. The predicted molar refractivity (Wildman–Crippen MR) is 188 cm³/mol. The Morgan fingerprint density at radius 3 is 2.18 bits per heavy atom. The number of benzene rings is 3. The van der Waals surface area contributed by atoms with Crippen molar-refractivity contribution >= 4 is 64.3 Å². The van der Waals surface area contributed by atoms with Crippen LogP contribution in [0.3, 0.4) is 0 Å². The van der Waals surface area contributed by atoms with Crippen LogP contribution in [-0.2, 0) is 19.9 Å². The van der Waals surface area contributed by atoms with Crippen LogP contribution in [-0.4, -0.2) is 79.0 Å². The number of nitrogens with one attached hydrogen (secondary N) is 4. The number of carboxylic acids is 1. The third-order valence-corrected chi connectivity index (χ3v) is 7.97. The fraction of sp³-hybridized carbons (Fsp3) is 0.176. The van der Waals surface area contributed by atoms with Gasteiger partial charge in [0.1, 0.15) is 5.71 Å². The fourth-order valence-electron chi connectivity index (χ4n) is 4.88. The van der Waals surface area contributed by atoms with Gasteiger partial charge in [-0.2, -0.15) is 28.1 Å². The van der Waals surface area contributed by atoms with Gasteiger partial charge in [0.05, 0.1) is 12.1 Å². The molecule has 5 N–H and O–H groups in total. The van der Waals surface area contributed by atoms with E-state index >= 15 is 0 Å². The summed E-state index contributed by atoms with van der Waals surface area (Å²) in [6.45, 7) is -2.42. The van der Waals surface area contributed by atoms with Gasteiger partial charge in [-0.25, -0.2) is 9.79 Å². The first-order chi connectivity index (χ1) is 26.2. The van der Waals surface area contributed by atoms with E-state index in [-0.39, 0.29) is 34.7 Å². The SMILES string of the molecule is O=C(O)C(CNC(=O)C(=O)Nc1ccc(-c2nnco2)cc1)=NC(=O)c1ccc(Nc2nc(NC3(c4ccc(Cl)cc4)CC3)nc(OCC(F)(F)F)n2)cc1. The summed E-state index contributed by atoms with van der Waals surface area (Å²) < 4.78 is 48.7. The van der Waals surface area contributed by atoms with E-state index in [1.165, 1.54) is 36.4 Å². The summed E-state index contributed by atoms with van der Waals surface area (Å²) in [6.07, 6.45) is -2.14. The van der Waals surface area contributed by atoms with Crippen molar-refractivity contribution in [3.8, 4) is 17.5 Å². The van der Waals surface area contributed by atoms with Gasteiger partial charge in [-0.15, -0.1) is 10.2 Å². The van der Waals surface area contributed by atoms with Crippen LogP contribution < -0.4 is 26.0 Å². The lowest BCUT2D eigenvalue weighted by Crippen LogP contribution is -2.40. The Morgan fingerprint density at radius 1 is 0.891 bits per heavy atom. The number of anilines is 4. The molecule has 282 valence electrons. The number of halogens is 4. The largest absolute Gasteiger partial charge is 0.477 e. The molecule has 2 heterocycles. The van der Waals surface area contributed by atoms with Gasteiger partial charge in [0.15, 0.2) is 6.61 Å². The standard InChI is InChI=1S/C34H26ClF3N10O7/c35-21-7-5-20(6-8-21)33(13-14-33)47-31-44-30(45-32(46-31)54-16-34(36,37)38)42-23-9-1-18(2-10-23)25(49)43-24(29(52)53)15-39-26(50)27(51)41-22-11-3-19(4-12-22)28-48-40-17-55-28/h1-12,17H,13-16H2,(H,39,50)(H,41,51)(H,52,53)(H2,42,44,45,46,47). The van der Waals surface area contributed by atoms with E-state index in [9.17, 15) is 37.5 Å². The molecule has 21 heteroatoms. The first-order valence-corrected chi connectivity index (χ1v) is 16.3. The van der Waals surface area contributed by atoms with E-state index in [0.29, 0.717) is 23.4 Å².